The first-order valence-electron chi connectivity index (χ1n) is 10.8. The molecule has 0 saturated heterocycles. The lowest BCUT2D eigenvalue weighted by Crippen LogP contribution is -2.23. The van der Waals surface area contributed by atoms with Crippen molar-refractivity contribution < 1.29 is 9.53 Å². The fourth-order valence-electron chi connectivity index (χ4n) is 4.09. The molecule has 1 aliphatic heterocycles. The number of hydrogen-bond acceptors (Lipinski definition) is 8. The Morgan fingerprint density at radius 1 is 1.26 bits per heavy atom. The Morgan fingerprint density at radius 3 is 2.97 bits per heavy atom. The van der Waals surface area contributed by atoms with Crippen LogP contribution in [0, 0.1) is 0 Å². The summed E-state index contributed by atoms with van der Waals surface area (Å²) in [5.41, 5.74) is 4.23. The van der Waals surface area contributed by atoms with E-state index in [4.69, 9.17) is 4.74 Å². The minimum atomic E-state index is -0.574. The van der Waals surface area contributed by atoms with Crippen LogP contribution in [0.2, 0.25) is 0 Å². The largest absolute Gasteiger partial charge is 0.464 e. The predicted octanol–water partition coefficient (Wildman–Crippen LogP) is 2.34. The third-order valence-electron chi connectivity index (χ3n) is 5.71. The highest BCUT2D eigenvalue weighted by molar-refractivity contribution is 5.88. The van der Waals surface area contributed by atoms with Gasteiger partial charge in [-0.1, -0.05) is 12.1 Å². The lowest BCUT2D eigenvalue weighted by Gasteiger charge is -2.18. The molecular weight excluding hydrogens is 434 g/mol. The van der Waals surface area contributed by atoms with E-state index in [0.717, 1.165) is 25.2 Å². The molecule has 0 unspecified atom stereocenters. The quantitative estimate of drug-likeness (QED) is 0.335. The number of pyridine rings is 1. The van der Waals surface area contributed by atoms with E-state index in [0.29, 0.717) is 22.7 Å². The Kier molecular flexibility index (Phi) is 5.64. The molecule has 0 spiro atoms. The van der Waals surface area contributed by atoms with Crippen molar-refractivity contribution in [3.63, 3.8) is 0 Å². The summed E-state index contributed by atoms with van der Waals surface area (Å²) in [6.07, 6.45) is 5.57. The normalized spacial score (nSPS) is 12.9. The third kappa shape index (κ3) is 3.84. The zero-order valence-electron chi connectivity index (χ0n) is 18.6. The van der Waals surface area contributed by atoms with Crippen molar-refractivity contribution in [3.8, 4) is 5.69 Å². The van der Waals surface area contributed by atoms with Crippen molar-refractivity contribution in [2.45, 2.75) is 19.5 Å². The number of allylic oxidation sites excluding steroid dienone is 1. The molecule has 1 aliphatic rings. The molecular formula is C24H23N7O3. The highest BCUT2D eigenvalue weighted by atomic mass is 16.5. The number of nitrogens with one attached hydrogen (secondary N) is 2. The first-order valence-corrected chi connectivity index (χ1v) is 10.8. The maximum atomic E-state index is 13.1. The van der Waals surface area contributed by atoms with E-state index in [2.05, 4.69) is 44.3 Å². The van der Waals surface area contributed by atoms with Crippen molar-refractivity contribution in [1.29, 1.82) is 0 Å². The smallest absolute Gasteiger partial charge is 0.356 e. The minimum Gasteiger partial charge on any atom is -0.464 e. The van der Waals surface area contributed by atoms with Crippen LogP contribution < -0.4 is 16.2 Å². The topological polar surface area (TPSA) is 116 Å². The average Bonchev–Trinajstić information content (AvgIpc) is 3.14. The summed E-state index contributed by atoms with van der Waals surface area (Å²) in [5, 5.41) is 6.96. The first kappa shape index (κ1) is 21.5. The molecule has 1 aromatic carbocycles. The number of rotatable bonds is 6. The Hall–Kier alpha value is -4.31. The van der Waals surface area contributed by atoms with E-state index in [9.17, 15) is 9.59 Å². The van der Waals surface area contributed by atoms with E-state index >= 15 is 0 Å². The van der Waals surface area contributed by atoms with Gasteiger partial charge in [0.05, 0.1) is 19.3 Å². The molecule has 0 amide bonds. The SMILES string of the molecule is C=CCn1c(=O)c2cnc(Nc3ccc4c(c3)CCNC4)nc2n1-c1ccnc(C(=O)OC)c1. The van der Waals surface area contributed by atoms with E-state index in [1.807, 2.05) is 6.07 Å². The van der Waals surface area contributed by atoms with Gasteiger partial charge >= 0.3 is 5.97 Å². The number of nitrogens with zero attached hydrogens (tertiary/aromatic N) is 5. The Balaban J connectivity index is 1.61. The fourth-order valence-corrected chi connectivity index (χ4v) is 4.09. The molecule has 2 N–H and O–H groups in total. The number of benzene rings is 1. The number of anilines is 2. The number of fused-ring (bicyclic) bond motifs is 2. The molecule has 10 nitrogen and oxygen atoms in total. The van der Waals surface area contributed by atoms with Gasteiger partial charge in [0.25, 0.3) is 5.56 Å². The second-order valence-corrected chi connectivity index (χ2v) is 7.84. The summed E-state index contributed by atoms with van der Waals surface area (Å²) in [7, 11) is 1.29. The van der Waals surface area contributed by atoms with Gasteiger partial charge in [-0.2, -0.15) is 4.98 Å². The molecule has 0 radical (unpaired) electrons. The molecule has 0 fully saturated rings. The van der Waals surface area contributed by atoms with Crippen molar-refractivity contribution in [1.82, 2.24) is 29.6 Å². The molecule has 0 aliphatic carbocycles. The van der Waals surface area contributed by atoms with E-state index in [-0.39, 0.29) is 17.8 Å². The Bertz CT molecular complexity index is 1470. The van der Waals surface area contributed by atoms with Gasteiger partial charge in [-0.05, 0) is 48.4 Å². The maximum Gasteiger partial charge on any atom is 0.356 e. The van der Waals surface area contributed by atoms with Crippen molar-refractivity contribution >= 4 is 28.6 Å². The van der Waals surface area contributed by atoms with Crippen LogP contribution in [-0.4, -0.2) is 43.9 Å². The molecule has 4 heterocycles. The van der Waals surface area contributed by atoms with Gasteiger partial charge in [0.1, 0.15) is 11.1 Å². The summed E-state index contributed by atoms with van der Waals surface area (Å²) in [6.45, 7) is 5.81. The summed E-state index contributed by atoms with van der Waals surface area (Å²) in [4.78, 5) is 38.2. The number of carbonyl (C=O) groups excluding carboxylic acids is 1. The standard InChI is InChI=1S/C24H23N7O3/c1-3-10-30-22(32)19-14-27-24(28-17-5-4-16-13-25-8-6-15(16)11-17)29-21(19)31(30)18-7-9-26-20(12-18)23(33)34-2/h3-5,7,9,11-12,14,25H,1,6,8,10,13H2,2H3,(H,27,28,29). The zero-order chi connectivity index (χ0) is 23.7. The van der Waals surface area contributed by atoms with Crippen LogP contribution >= 0.6 is 0 Å². The average molecular weight is 457 g/mol. The maximum absolute atomic E-state index is 13.1. The number of carbonyl (C=O) groups is 1. The van der Waals surface area contributed by atoms with Crippen LogP contribution in [0.3, 0.4) is 0 Å². The number of hydrogen-bond donors (Lipinski definition) is 2. The van der Waals surface area contributed by atoms with Crippen LogP contribution in [-0.2, 0) is 24.2 Å². The molecule has 5 rings (SSSR count). The lowest BCUT2D eigenvalue weighted by molar-refractivity contribution is 0.0594. The number of methoxy groups -OCH3 is 1. The van der Waals surface area contributed by atoms with Gasteiger partial charge < -0.3 is 15.4 Å². The van der Waals surface area contributed by atoms with Crippen molar-refractivity contribution in [3.05, 3.63) is 82.6 Å². The summed E-state index contributed by atoms with van der Waals surface area (Å²) >= 11 is 0. The number of esters is 1. The molecule has 10 heteroatoms. The molecule has 34 heavy (non-hydrogen) atoms. The predicted molar refractivity (Wildman–Crippen MR) is 128 cm³/mol. The van der Waals surface area contributed by atoms with Crippen molar-refractivity contribution in [2.24, 2.45) is 0 Å². The highest BCUT2D eigenvalue weighted by Crippen LogP contribution is 2.23. The molecule has 172 valence electrons. The van der Waals surface area contributed by atoms with Crippen LogP contribution in [0.1, 0.15) is 21.6 Å². The second kappa shape index (κ2) is 8.91. The van der Waals surface area contributed by atoms with Gasteiger partial charge in [0.15, 0.2) is 5.65 Å². The van der Waals surface area contributed by atoms with Crippen LogP contribution in [0.15, 0.2) is 60.2 Å². The summed E-state index contributed by atoms with van der Waals surface area (Å²) in [6, 6.07) is 9.42. The highest BCUT2D eigenvalue weighted by Gasteiger charge is 2.19. The fraction of sp³-hybridized carbons (Fsp3) is 0.208. The van der Waals surface area contributed by atoms with Gasteiger partial charge in [0, 0.05) is 24.6 Å². The second-order valence-electron chi connectivity index (χ2n) is 7.84. The molecule has 3 aromatic heterocycles. The number of ether oxygens (including phenoxy) is 1. The first-order chi connectivity index (χ1) is 16.6. The van der Waals surface area contributed by atoms with Gasteiger partial charge in [-0.25, -0.2) is 24.1 Å². The zero-order valence-corrected chi connectivity index (χ0v) is 18.6. The van der Waals surface area contributed by atoms with Gasteiger partial charge in [0.2, 0.25) is 5.95 Å². The monoisotopic (exact) mass is 457 g/mol. The summed E-state index contributed by atoms with van der Waals surface area (Å²) < 4.78 is 7.91. The van der Waals surface area contributed by atoms with Crippen LogP contribution in [0.4, 0.5) is 11.6 Å². The van der Waals surface area contributed by atoms with Gasteiger partial charge in [-0.3, -0.25) is 4.79 Å². The van der Waals surface area contributed by atoms with E-state index in [1.165, 1.54) is 35.3 Å². The molecule has 0 bridgehead atoms. The Labute approximate surface area is 194 Å². The van der Waals surface area contributed by atoms with Crippen LogP contribution in [0.5, 0.6) is 0 Å². The number of aromatic nitrogens is 5. The molecule has 4 aromatic rings. The van der Waals surface area contributed by atoms with Crippen LogP contribution in [0.25, 0.3) is 16.7 Å². The summed E-state index contributed by atoms with van der Waals surface area (Å²) in [5.74, 6) is -0.219. The van der Waals surface area contributed by atoms with E-state index < -0.39 is 5.97 Å². The molecule has 0 saturated carbocycles. The van der Waals surface area contributed by atoms with Crippen molar-refractivity contribution in [2.75, 3.05) is 19.0 Å². The Morgan fingerprint density at radius 2 is 2.15 bits per heavy atom. The molecule has 0 atom stereocenters. The minimum absolute atomic E-state index is 0.121. The third-order valence-corrected chi connectivity index (χ3v) is 5.71. The van der Waals surface area contributed by atoms with E-state index in [1.54, 1.807) is 22.9 Å². The van der Waals surface area contributed by atoms with Gasteiger partial charge in [-0.15, -0.1) is 6.58 Å². The lowest BCUT2D eigenvalue weighted by atomic mass is 10.0.